The number of hydrazine groups is 1. The first kappa shape index (κ1) is 22.4. The summed E-state index contributed by atoms with van der Waals surface area (Å²) in [6, 6.07) is 8.11. The van der Waals surface area contributed by atoms with Crippen LogP contribution in [-0.2, 0) is 4.79 Å². The molecule has 7 heteroatoms. The highest BCUT2D eigenvalue weighted by Crippen LogP contribution is 2.44. The second kappa shape index (κ2) is 8.84. The van der Waals surface area contributed by atoms with E-state index < -0.39 is 23.5 Å². The monoisotopic (exact) mass is 422 g/mol. The van der Waals surface area contributed by atoms with Crippen LogP contribution in [0.25, 0.3) is 10.8 Å². The number of amides is 1. The molecule has 1 atom stereocenters. The van der Waals surface area contributed by atoms with Gasteiger partial charge in [-0.2, -0.15) is 13.2 Å². The van der Waals surface area contributed by atoms with Gasteiger partial charge in [-0.3, -0.25) is 10.2 Å². The van der Waals surface area contributed by atoms with Gasteiger partial charge in [-0.15, -0.1) is 0 Å². The summed E-state index contributed by atoms with van der Waals surface area (Å²) in [4.78, 5) is 12.1. The zero-order valence-corrected chi connectivity index (χ0v) is 17.7. The largest absolute Gasteiger partial charge is 0.493 e. The number of hydrogen-bond acceptors (Lipinski definition) is 3. The molecule has 1 fully saturated rings. The van der Waals surface area contributed by atoms with Gasteiger partial charge < -0.3 is 4.74 Å². The molecule has 1 heterocycles. The Bertz CT molecular complexity index is 896. The fourth-order valence-corrected chi connectivity index (χ4v) is 3.87. The van der Waals surface area contributed by atoms with Crippen LogP contribution in [0.2, 0.25) is 0 Å². The molecular formula is C23H29F3N2O2. The molecule has 164 valence electrons. The predicted octanol–water partition coefficient (Wildman–Crippen LogP) is 5.78. The minimum atomic E-state index is -4.56. The standard InChI is InChI=1S/C23H29F3N2O2/c1-4-5-6-9-14-30-19-13-12-18(16-10-7-8-11-17(16)19)20(23(24,25)26)28-15-22(2,3)21(29)27-28/h7-8,10-13,20H,4-6,9,14-15H2,1-3H3,(H,27,29). The number of benzene rings is 2. The molecule has 1 saturated heterocycles. The van der Waals surface area contributed by atoms with E-state index in [1.807, 2.05) is 0 Å². The van der Waals surface area contributed by atoms with Gasteiger partial charge in [0.1, 0.15) is 5.75 Å². The van der Waals surface area contributed by atoms with Gasteiger partial charge in [0.25, 0.3) is 0 Å². The zero-order chi connectivity index (χ0) is 21.9. The summed E-state index contributed by atoms with van der Waals surface area (Å²) in [5, 5.41) is 2.13. The van der Waals surface area contributed by atoms with Gasteiger partial charge in [-0.05, 0) is 37.3 Å². The normalized spacial score (nSPS) is 17.9. The van der Waals surface area contributed by atoms with Crippen LogP contribution in [0, 0.1) is 5.41 Å². The number of alkyl halides is 3. The first-order chi connectivity index (χ1) is 14.1. The second-order valence-corrected chi connectivity index (χ2v) is 8.50. The molecule has 2 aromatic rings. The third-order valence-corrected chi connectivity index (χ3v) is 5.52. The minimum absolute atomic E-state index is 0.0278. The van der Waals surface area contributed by atoms with E-state index in [-0.39, 0.29) is 12.1 Å². The van der Waals surface area contributed by atoms with Crippen LogP contribution in [-0.4, -0.2) is 30.2 Å². The number of nitrogens with zero attached hydrogens (tertiary/aromatic N) is 1. The van der Waals surface area contributed by atoms with E-state index in [1.54, 1.807) is 44.2 Å². The Morgan fingerprint density at radius 2 is 1.80 bits per heavy atom. The van der Waals surface area contributed by atoms with Gasteiger partial charge in [0.05, 0.1) is 12.0 Å². The fraction of sp³-hybridized carbons (Fsp3) is 0.522. The van der Waals surface area contributed by atoms with Crippen molar-refractivity contribution in [2.75, 3.05) is 13.2 Å². The molecule has 3 rings (SSSR count). The van der Waals surface area contributed by atoms with E-state index in [2.05, 4.69) is 12.3 Å². The van der Waals surface area contributed by atoms with Crippen molar-refractivity contribution in [2.24, 2.45) is 5.41 Å². The molecule has 1 amide bonds. The molecule has 4 nitrogen and oxygen atoms in total. The van der Waals surface area contributed by atoms with E-state index in [4.69, 9.17) is 4.74 Å². The first-order valence-electron chi connectivity index (χ1n) is 10.4. The number of rotatable bonds is 8. The maximum absolute atomic E-state index is 14.2. The minimum Gasteiger partial charge on any atom is -0.493 e. The number of halogens is 3. The van der Waals surface area contributed by atoms with E-state index in [1.165, 1.54) is 6.07 Å². The smallest absolute Gasteiger partial charge is 0.409 e. The average molecular weight is 422 g/mol. The number of hydrogen-bond donors (Lipinski definition) is 1. The zero-order valence-electron chi connectivity index (χ0n) is 17.7. The van der Waals surface area contributed by atoms with Crippen LogP contribution < -0.4 is 10.2 Å². The Balaban J connectivity index is 1.95. The highest BCUT2D eigenvalue weighted by molar-refractivity contribution is 5.91. The maximum Gasteiger partial charge on any atom is 0.409 e. The number of carbonyl (C=O) groups excluding carboxylic acids is 1. The first-order valence-corrected chi connectivity index (χ1v) is 10.4. The van der Waals surface area contributed by atoms with Crippen molar-refractivity contribution in [1.82, 2.24) is 10.4 Å². The Morgan fingerprint density at radius 1 is 1.10 bits per heavy atom. The molecule has 1 unspecified atom stereocenters. The summed E-state index contributed by atoms with van der Waals surface area (Å²) in [6.07, 6.45) is -0.329. The second-order valence-electron chi connectivity index (χ2n) is 8.50. The van der Waals surface area contributed by atoms with Crippen molar-refractivity contribution in [3.63, 3.8) is 0 Å². The van der Waals surface area contributed by atoms with Crippen LogP contribution in [0.4, 0.5) is 13.2 Å². The van der Waals surface area contributed by atoms with Crippen molar-refractivity contribution < 1.29 is 22.7 Å². The summed E-state index contributed by atoms with van der Waals surface area (Å²) in [6.45, 7) is 5.92. The summed E-state index contributed by atoms with van der Waals surface area (Å²) in [7, 11) is 0. The molecule has 2 aromatic carbocycles. The molecule has 1 N–H and O–H groups in total. The van der Waals surface area contributed by atoms with Gasteiger partial charge in [0, 0.05) is 11.9 Å². The lowest BCUT2D eigenvalue weighted by molar-refractivity contribution is -0.191. The van der Waals surface area contributed by atoms with E-state index in [9.17, 15) is 18.0 Å². The molecule has 1 aliphatic heterocycles. The summed E-state index contributed by atoms with van der Waals surface area (Å²) in [5.74, 6) is 0.172. The molecule has 0 saturated carbocycles. The van der Waals surface area contributed by atoms with Crippen LogP contribution in [0.5, 0.6) is 5.75 Å². The van der Waals surface area contributed by atoms with Gasteiger partial charge in [-0.1, -0.05) is 56.5 Å². The lowest BCUT2D eigenvalue weighted by Crippen LogP contribution is -2.43. The molecule has 0 aromatic heterocycles. The third-order valence-electron chi connectivity index (χ3n) is 5.52. The Labute approximate surface area is 175 Å². The van der Waals surface area contributed by atoms with Crippen LogP contribution in [0.1, 0.15) is 58.1 Å². The highest BCUT2D eigenvalue weighted by Gasteiger charge is 2.51. The molecule has 30 heavy (non-hydrogen) atoms. The van der Waals surface area contributed by atoms with Gasteiger partial charge in [0.2, 0.25) is 5.91 Å². The molecule has 0 aliphatic carbocycles. The van der Waals surface area contributed by atoms with Gasteiger partial charge in [-0.25, -0.2) is 5.01 Å². The van der Waals surface area contributed by atoms with Crippen LogP contribution >= 0.6 is 0 Å². The van der Waals surface area contributed by atoms with Crippen LogP contribution in [0.3, 0.4) is 0 Å². The SMILES string of the molecule is CCCCCCOc1ccc(C(N2CC(C)(C)C(=O)N2)C(F)(F)F)c2ccccc12. The Hall–Kier alpha value is -2.28. The van der Waals surface area contributed by atoms with Crippen LogP contribution in [0.15, 0.2) is 36.4 Å². The van der Waals surface area contributed by atoms with E-state index in [0.29, 0.717) is 23.1 Å². The molecule has 1 aliphatic rings. The predicted molar refractivity (Wildman–Crippen MR) is 111 cm³/mol. The number of fused-ring (bicyclic) bond motifs is 1. The lowest BCUT2D eigenvalue weighted by atomic mass is 9.93. The van der Waals surface area contributed by atoms with E-state index >= 15 is 0 Å². The van der Waals surface area contributed by atoms with E-state index in [0.717, 1.165) is 30.7 Å². The number of ether oxygens (including phenoxy) is 1. The fourth-order valence-electron chi connectivity index (χ4n) is 3.87. The van der Waals surface area contributed by atoms with Gasteiger partial charge in [0.15, 0.2) is 6.04 Å². The molecular weight excluding hydrogens is 393 g/mol. The summed E-state index contributed by atoms with van der Waals surface area (Å²) in [5.41, 5.74) is 1.64. The average Bonchev–Trinajstić information content (AvgIpc) is 2.94. The number of carbonyl (C=O) groups is 1. The van der Waals surface area contributed by atoms with Crippen molar-refractivity contribution in [1.29, 1.82) is 0 Å². The van der Waals surface area contributed by atoms with Crippen molar-refractivity contribution >= 4 is 16.7 Å². The maximum atomic E-state index is 14.2. The number of unbranched alkanes of at least 4 members (excludes halogenated alkanes) is 3. The lowest BCUT2D eigenvalue weighted by Gasteiger charge is -2.31. The summed E-state index contributed by atoms with van der Waals surface area (Å²) < 4.78 is 48.4. The Kier molecular flexibility index (Phi) is 6.60. The number of nitrogens with one attached hydrogen (secondary N) is 1. The summed E-state index contributed by atoms with van der Waals surface area (Å²) >= 11 is 0. The van der Waals surface area contributed by atoms with Crippen molar-refractivity contribution in [2.45, 2.75) is 58.7 Å². The Morgan fingerprint density at radius 3 is 2.40 bits per heavy atom. The third kappa shape index (κ3) is 4.72. The van der Waals surface area contributed by atoms with Gasteiger partial charge >= 0.3 is 6.18 Å². The van der Waals surface area contributed by atoms with Crippen molar-refractivity contribution in [3.05, 3.63) is 42.0 Å². The quantitative estimate of drug-likeness (QED) is 0.549. The molecule has 0 bridgehead atoms. The molecule has 0 radical (unpaired) electrons. The highest BCUT2D eigenvalue weighted by atomic mass is 19.4. The topological polar surface area (TPSA) is 41.6 Å². The molecule has 0 spiro atoms. The van der Waals surface area contributed by atoms with Crippen molar-refractivity contribution in [3.8, 4) is 5.75 Å².